The monoisotopic (exact) mass is 520 g/mol. The number of amides is 1. The first-order valence-corrected chi connectivity index (χ1v) is 11.6. The maximum atomic E-state index is 13.2. The maximum absolute atomic E-state index is 13.2. The molecule has 15 heteroatoms. The number of hydrogen-bond acceptors (Lipinski definition) is 6. The van der Waals surface area contributed by atoms with Gasteiger partial charge < -0.3 is 19.1 Å². The Morgan fingerprint density at radius 2 is 1.62 bits per heavy atom. The third kappa shape index (κ3) is 6.88. The topological polar surface area (TPSA) is 85.4 Å². The van der Waals surface area contributed by atoms with Gasteiger partial charge in [-0.2, -0.15) is 30.6 Å². The average Bonchev–Trinajstić information content (AvgIpc) is 3.30. The van der Waals surface area contributed by atoms with E-state index in [0.717, 1.165) is 22.9 Å². The van der Waals surface area contributed by atoms with E-state index < -0.39 is 58.1 Å². The van der Waals surface area contributed by atoms with E-state index in [1.165, 1.54) is 4.90 Å². The van der Waals surface area contributed by atoms with E-state index in [1.54, 1.807) is 0 Å². The van der Waals surface area contributed by atoms with Gasteiger partial charge in [0, 0.05) is 38.9 Å². The number of halogens is 6. The van der Waals surface area contributed by atoms with Crippen molar-refractivity contribution in [2.75, 3.05) is 46.0 Å². The Bertz CT molecular complexity index is 970. The van der Waals surface area contributed by atoms with Crippen LogP contribution in [0.5, 0.6) is 11.5 Å². The van der Waals surface area contributed by atoms with Crippen LogP contribution < -0.4 is 9.47 Å². The molecule has 0 N–H and O–H groups in total. The minimum atomic E-state index is -4.78. The Kier molecular flexibility index (Phi) is 7.87. The van der Waals surface area contributed by atoms with Crippen LogP contribution in [0, 0.1) is 0 Å². The fraction of sp³-hybridized carbons (Fsp3) is 0.632. The van der Waals surface area contributed by atoms with Crippen molar-refractivity contribution in [3.63, 3.8) is 0 Å². The fourth-order valence-corrected chi connectivity index (χ4v) is 5.06. The molecule has 1 amide bonds. The van der Waals surface area contributed by atoms with Crippen molar-refractivity contribution in [1.29, 1.82) is 0 Å². The molecule has 2 heterocycles. The van der Waals surface area contributed by atoms with Crippen molar-refractivity contribution >= 4 is 15.9 Å². The smallest absolute Gasteiger partial charge is 0.422 e. The SMILES string of the molecule is O=C(C1CCCO1)N1CCN(S(=O)(=O)c2cc(OCC(F)(F)F)ccc2OCC(F)(F)F)CC1. The highest BCUT2D eigenvalue weighted by molar-refractivity contribution is 7.89. The minimum Gasteiger partial charge on any atom is -0.484 e. The molecule has 2 aliphatic heterocycles. The highest BCUT2D eigenvalue weighted by atomic mass is 32.2. The summed E-state index contributed by atoms with van der Waals surface area (Å²) in [7, 11) is -4.49. The predicted molar refractivity (Wildman–Crippen MR) is 104 cm³/mol. The molecule has 1 aromatic rings. The van der Waals surface area contributed by atoms with Gasteiger partial charge in [0.1, 0.15) is 22.5 Å². The first-order valence-electron chi connectivity index (χ1n) is 10.2. The van der Waals surface area contributed by atoms with E-state index in [0.29, 0.717) is 19.1 Å². The van der Waals surface area contributed by atoms with Crippen molar-refractivity contribution in [2.45, 2.75) is 36.2 Å². The van der Waals surface area contributed by atoms with Gasteiger partial charge in [0.15, 0.2) is 13.2 Å². The Morgan fingerprint density at radius 3 is 2.18 bits per heavy atom. The molecule has 2 saturated heterocycles. The highest BCUT2D eigenvalue weighted by Crippen LogP contribution is 2.33. The number of alkyl halides is 6. The zero-order valence-corrected chi connectivity index (χ0v) is 18.5. The van der Waals surface area contributed by atoms with Gasteiger partial charge in [-0.15, -0.1) is 0 Å². The van der Waals surface area contributed by atoms with Crippen LogP contribution in [0.25, 0.3) is 0 Å². The van der Waals surface area contributed by atoms with E-state index in [1.807, 2.05) is 0 Å². The zero-order chi connectivity index (χ0) is 25.1. The van der Waals surface area contributed by atoms with Crippen molar-refractivity contribution < 1.29 is 53.8 Å². The van der Waals surface area contributed by atoms with Crippen LogP contribution in [0.4, 0.5) is 26.3 Å². The van der Waals surface area contributed by atoms with E-state index in [-0.39, 0.29) is 32.1 Å². The van der Waals surface area contributed by atoms with Gasteiger partial charge in [-0.05, 0) is 25.0 Å². The molecule has 192 valence electrons. The molecular formula is C19H22F6N2O6S. The van der Waals surface area contributed by atoms with Crippen molar-refractivity contribution in [3.05, 3.63) is 18.2 Å². The summed E-state index contributed by atoms with van der Waals surface area (Å²) in [5.41, 5.74) is 0. The summed E-state index contributed by atoms with van der Waals surface area (Å²) in [6.07, 6.45) is -8.79. The van der Waals surface area contributed by atoms with Crippen LogP contribution in [-0.4, -0.2) is 88.0 Å². The number of hydrogen-bond donors (Lipinski definition) is 0. The number of carbonyl (C=O) groups is 1. The average molecular weight is 520 g/mol. The lowest BCUT2D eigenvalue weighted by Gasteiger charge is -2.35. The molecular weight excluding hydrogens is 498 g/mol. The van der Waals surface area contributed by atoms with Crippen LogP contribution in [0.2, 0.25) is 0 Å². The quantitative estimate of drug-likeness (QED) is 0.514. The van der Waals surface area contributed by atoms with Crippen LogP contribution in [0.1, 0.15) is 12.8 Å². The summed E-state index contributed by atoms with van der Waals surface area (Å²) in [5.74, 6) is -1.47. The van der Waals surface area contributed by atoms with Crippen LogP contribution >= 0.6 is 0 Å². The van der Waals surface area contributed by atoms with Gasteiger partial charge in [0.25, 0.3) is 5.91 Å². The summed E-state index contributed by atoms with van der Waals surface area (Å²) < 4.78 is 117. The minimum absolute atomic E-state index is 0.0148. The highest BCUT2D eigenvalue weighted by Gasteiger charge is 2.37. The van der Waals surface area contributed by atoms with Crippen molar-refractivity contribution in [1.82, 2.24) is 9.21 Å². The van der Waals surface area contributed by atoms with Crippen LogP contribution in [0.15, 0.2) is 23.1 Å². The second-order valence-electron chi connectivity index (χ2n) is 7.65. The summed E-state index contributed by atoms with van der Waals surface area (Å²) in [6, 6.07) is 2.38. The first kappa shape index (κ1) is 26.3. The number of nitrogens with zero attached hydrogens (tertiary/aromatic N) is 2. The Labute approximate surface area is 191 Å². The third-order valence-electron chi connectivity index (χ3n) is 5.08. The van der Waals surface area contributed by atoms with Gasteiger partial charge in [0.05, 0.1) is 0 Å². The lowest BCUT2D eigenvalue weighted by Crippen LogP contribution is -2.52. The van der Waals surface area contributed by atoms with Gasteiger partial charge in [-0.1, -0.05) is 0 Å². The van der Waals surface area contributed by atoms with E-state index in [9.17, 15) is 39.6 Å². The standard InChI is InChI=1S/C19H22F6N2O6S/c20-18(21,22)11-32-13-3-4-14(33-12-19(23,24)25)16(10-13)34(29,30)27-7-5-26(6-8-27)17(28)15-2-1-9-31-15/h3-4,10,15H,1-2,5-9,11-12H2. The third-order valence-corrected chi connectivity index (χ3v) is 7.00. The second-order valence-corrected chi connectivity index (χ2v) is 9.55. The van der Waals surface area contributed by atoms with Gasteiger partial charge in [-0.3, -0.25) is 4.79 Å². The molecule has 3 rings (SSSR count). The second kappa shape index (κ2) is 10.2. The molecule has 0 aliphatic carbocycles. The molecule has 2 fully saturated rings. The van der Waals surface area contributed by atoms with Crippen LogP contribution in [-0.2, 0) is 19.6 Å². The number of carbonyl (C=O) groups excluding carboxylic acids is 1. The van der Waals surface area contributed by atoms with Crippen molar-refractivity contribution in [3.8, 4) is 11.5 Å². The number of rotatable bonds is 7. The van der Waals surface area contributed by atoms with Gasteiger partial charge in [-0.25, -0.2) is 8.42 Å². The Morgan fingerprint density at radius 1 is 1.00 bits per heavy atom. The number of sulfonamides is 1. The number of piperazine rings is 1. The van der Waals surface area contributed by atoms with Gasteiger partial charge in [0.2, 0.25) is 10.0 Å². The molecule has 2 aliphatic rings. The summed E-state index contributed by atoms with van der Waals surface area (Å²) in [6.45, 7) is -3.39. The fourth-order valence-electron chi connectivity index (χ4n) is 3.49. The molecule has 1 unspecified atom stereocenters. The normalized spacial score (nSPS) is 20.4. The Hall–Kier alpha value is -2.26. The lowest BCUT2D eigenvalue weighted by molar-refractivity contribution is -0.154. The summed E-state index contributed by atoms with van der Waals surface area (Å²) in [4.78, 5) is 13.1. The van der Waals surface area contributed by atoms with E-state index >= 15 is 0 Å². The van der Waals surface area contributed by atoms with Crippen LogP contribution in [0.3, 0.4) is 0 Å². The molecule has 0 aromatic heterocycles. The molecule has 0 saturated carbocycles. The predicted octanol–water partition coefficient (Wildman–Crippen LogP) is 2.58. The molecule has 1 atom stereocenters. The number of ether oxygens (including phenoxy) is 3. The Balaban J connectivity index is 1.79. The summed E-state index contributed by atoms with van der Waals surface area (Å²) in [5, 5.41) is 0. The molecule has 0 radical (unpaired) electrons. The summed E-state index contributed by atoms with van der Waals surface area (Å²) >= 11 is 0. The zero-order valence-electron chi connectivity index (χ0n) is 17.7. The van der Waals surface area contributed by atoms with Gasteiger partial charge >= 0.3 is 12.4 Å². The largest absolute Gasteiger partial charge is 0.484 e. The van der Waals surface area contributed by atoms with E-state index in [4.69, 9.17) is 4.74 Å². The maximum Gasteiger partial charge on any atom is 0.422 e. The molecule has 8 nitrogen and oxygen atoms in total. The molecule has 0 bridgehead atoms. The number of benzene rings is 1. The van der Waals surface area contributed by atoms with Crippen molar-refractivity contribution in [2.24, 2.45) is 0 Å². The molecule has 34 heavy (non-hydrogen) atoms. The first-order chi connectivity index (χ1) is 15.8. The molecule has 0 spiro atoms. The molecule has 1 aromatic carbocycles. The lowest BCUT2D eigenvalue weighted by atomic mass is 10.2. The van der Waals surface area contributed by atoms with E-state index in [2.05, 4.69) is 9.47 Å².